The largest absolute Gasteiger partial charge is 0.376 e. The van der Waals surface area contributed by atoms with Crippen LogP contribution in [0.15, 0.2) is 36.4 Å². The lowest BCUT2D eigenvalue weighted by molar-refractivity contribution is 0.0498. The molecule has 0 bridgehead atoms. The van der Waals surface area contributed by atoms with Crippen LogP contribution in [0.3, 0.4) is 0 Å². The van der Waals surface area contributed by atoms with Gasteiger partial charge < -0.3 is 9.64 Å². The summed E-state index contributed by atoms with van der Waals surface area (Å²) in [6.07, 6.45) is 2.23. The molecule has 1 amide bonds. The highest BCUT2D eigenvalue weighted by Gasteiger charge is 2.25. The lowest BCUT2D eigenvalue weighted by atomic mass is 10.1. The lowest BCUT2D eigenvalue weighted by Crippen LogP contribution is -2.38. The molecule has 0 saturated carbocycles. The first-order chi connectivity index (χ1) is 11.7. The summed E-state index contributed by atoms with van der Waals surface area (Å²) in [6, 6.07) is 12.0. The van der Waals surface area contributed by atoms with E-state index in [9.17, 15) is 4.79 Å². The Morgan fingerprint density at radius 3 is 2.83 bits per heavy atom. The fourth-order valence-electron chi connectivity index (χ4n) is 3.18. The Labute approximate surface area is 143 Å². The van der Waals surface area contributed by atoms with Crippen molar-refractivity contribution in [1.29, 1.82) is 0 Å². The number of ether oxygens (including phenoxy) is 1. The molecule has 1 aromatic carbocycles. The first kappa shape index (κ1) is 16.7. The molecule has 0 radical (unpaired) electrons. The van der Waals surface area contributed by atoms with Crippen LogP contribution in [-0.4, -0.2) is 39.8 Å². The number of carbonyl (C=O) groups is 1. The number of hydrogen-bond donors (Lipinski definition) is 0. The molecule has 128 valence electrons. The molecular formula is C19H25N3O2. The Kier molecular flexibility index (Phi) is 5.30. The second kappa shape index (κ2) is 7.62. The lowest BCUT2D eigenvalue weighted by Gasteiger charge is -2.25. The molecule has 1 aromatic heterocycles. The molecule has 5 nitrogen and oxygen atoms in total. The first-order valence-corrected chi connectivity index (χ1v) is 8.66. The smallest absolute Gasteiger partial charge is 0.272 e. The van der Waals surface area contributed by atoms with Crippen molar-refractivity contribution in [2.24, 2.45) is 0 Å². The van der Waals surface area contributed by atoms with Crippen LogP contribution in [0, 0.1) is 6.92 Å². The molecule has 1 aliphatic rings. The molecule has 1 saturated heterocycles. The summed E-state index contributed by atoms with van der Waals surface area (Å²) < 4.78 is 7.54. The third-order valence-electron chi connectivity index (χ3n) is 4.37. The maximum absolute atomic E-state index is 13.1. The first-order valence-electron chi connectivity index (χ1n) is 8.66. The number of carbonyl (C=O) groups excluding carboxylic acids is 1. The monoisotopic (exact) mass is 327 g/mol. The molecule has 1 fully saturated rings. The maximum atomic E-state index is 13.1. The second-order valence-corrected chi connectivity index (χ2v) is 6.29. The Morgan fingerprint density at radius 2 is 2.17 bits per heavy atom. The summed E-state index contributed by atoms with van der Waals surface area (Å²) in [5, 5.41) is 4.41. The van der Waals surface area contributed by atoms with Gasteiger partial charge in [0.15, 0.2) is 0 Å². The molecule has 24 heavy (non-hydrogen) atoms. The van der Waals surface area contributed by atoms with E-state index >= 15 is 0 Å². The summed E-state index contributed by atoms with van der Waals surface area (Å²) in [6.45, 7) is 6.63. The van der Waals surface area contributed by atoms with E-state index in [4.69, 9.17) is 4.74 Å². The van der Waals surface area contributed by atoms with E-state index in [2.05, 4.69) is 17.2 Å². The van der Waals surface area contributed by atoms with Gasteiger partial charge in [-0.25, -0.2) is 0 Å². The fourth-order valence-corrected chi connectivity index (χ4v) is 3.18. The third-order valence-corrected chi connectivity index (χ3v) is 4.37. The van der Waals surface area contributed by atoms with Crippen molar-refractivity contribution in [3.63, 3.8) is 0 Å². The van der Waals surface area contributed by atoms with Crippen molar-refractivity contribution < 1.29 is 9.53 Å². The van der Waals surface area contributed by atoms with E-state index in [-0.39, 0.29) is 12.0 Å². The van der Waals surface area contributed by atoms with Crippen molar-refractivity contribution in [3.8, 4) is 0 Å². The van der Waals surface area contributed by atoms with Gasteiger partial charge in [0.25, 0.3) is 5.91 Å². The number of benzene rings is 1. The van der Waals surface area contributed by atoms with Crippen molar-refractivity contribution in [3.05, 3.63) is 53.3 Å². The Hall–Kier alpha value is -2.14. The van der Waals surface area contributed by atoms with Crippen LogP contribution in [-0.2, 0) is 17.8 Å². The van der Waals surface area contributed by atoms with Gasteiger partial charge in [0.2, 0.25) is 0 Å². The van der Waals surface area contributed by atoms with E-state index in [1.165, 1.54) is 0 Å². The van der Waals surface area contributed by atoms with Gasteiger partial charge in [-0.2, -0.15) is 5.10 Å². The van der Waals surface area contributed by atoms with Gasteiger partial charge in [-0.15, -0.1) is 0 Å². The van der Waals surface area contributed by atoms with E-state index in [1.807, 2.05) is 43.0 Å². The van der Waals surface area contributed by atoms with E-state index in [0.717, 1.165) is 30.7 Å². The molecule has 3 rings (SSSR count). The van der Waals surface area contributed by atoms with Crippen molar-refractivity contribution in [2.75, 3.05) is 13.2 Å². The van der Waals surface area contributed by atoms with Crippen LogP contribution in [0.1, 0.15) is 41.5 Å². The topological polar surface area (TPSA) is 47.4 Å². The van der Waals surface area contributed by atoms with Crippen LogP contribution < -0.4 is 0 Å². The zero-order chi connectivity index (χ0) is 16.9. The highest BCUT2D eigenvalue weighted by molar-refractivity contribution is 5.92. The molecular weight excluding hydrogens is 302 g/mol. The van der Waals surface area contributed by atoms with Crippen LogP contribution in [0.25, 0.3) is 0 Å². The number of amides is 1. The summed E-state index contributed by atoms with van der Waals surface area (Å²) >= 11 is 0. The Morgan fingerprint density at radius 1 is 1.38 bits per heavy atom. The van der Waals surface area contributed by atoms with E-state index in [0.29, 0.717) is 25.3 Å². The van der Waals surface area contributed by atoms with E-state index < -0.39 is 0 Å². The molecule has 0 N–H and O–H groups in total. The Bertz CT molecular complexity index is 675. The van der Waals surface area contributed by atoms with Crippen LogP contribution >= 0.6 is 0 Å². The van der Waals surface area contributed by atoms with Gasteiger partial charge in [0.05, 0.1) is 11.8 Å². The minimum absolute atomic E-state index is 0.0248. The van der Waals surface area contributed by atoms with Gasteiger partial charge in [-0.1, -0.05) is 30.3 Å². The standard InChI is InChI=1S/C19H25N3O2/c1-3-22-18(12-15(2)20-22)19(23)21(14-17-10-7-11-24-17)13-16-8-5-4-6-9-16/h4-6,8-9,12,17H,3,7,10-11,13-14H2,1-2H3/t17-/m1/s1. The maximum Gasteiger partial charge on any atom is 0.272 e. The van der Waals surface area contributed by atoms with Crippen molar-refractivity contribution in [1.82, 2.24) is 14.7 Å². The van der Waals surface area contributed by atoms with Crippen LogP contribution in [0.2, 0.25) is 0 Å². The third kappa shape index (κ3) is 3.85. The molecule has 5 heteroatoms. The quantitative estimate of drug-likeness (QED) is 0.819. The molecule has 2 aromatic rings. The molecule has 1 atom stereocenters. The van der Waals surface area contributed by atoms with Crippen LogP contribution in [0.5, 0.6) is 0 Å². The molecule has 2 heterocycles. The second-order valence-electron chi connectivity index (χ2n) is 6.29. The summed E-state index contributed by atoms with van der Waals surface area (Å²) in [5.74, 6) is 0.0248. The number of hydrogen-bond acceptors (Lipinski definition) is 3. The number of rotatable bonds is 6. The van der Waals surface area contributed by atoms with Crippen molar-refractivity contribution >= 4 is 5.91 Å². The van der Waals surface area contributed by atoms with Gasteiger partial charge in [-0.3, -0.25) is 9.48 Å². The number of aromatic nitrogens is 2. The molecule has 0 aliphatic carbocycles. The average molecular weight is 327 g/mol. The molecule has 1 aliphatic heterocycles. The van der Waals surface area contributed by atoms with Gasteiger partial charge in [-0.05, 0) is 38.3 Å². The summed E-state index contributed by atoms with van der Waals surface area (Å²) in [5.41, 5.74) is 2.66. The fraction of sp³-hybridized carbons (Fsp3) is 0.474. The highest BCUT2D eigenvalue weighted by Crippen LogP contribution is 2.18. The predicted octanol–water partition coefficient (Wildman–Crippen LogP) is 3.03. The SMILES string of the molecule is CCn1nc(C)cc1C(=O)N(Cc1ccccc1)C[C@H]1CCCO1. The van der Waals surface area contributed by atoms with Crippen LogP contribution in [0.4, 0.5) is 0 Å². The molecule has 0 spiro atoms. The highest BCUT2D eigenvalue weighted by atomic mass is 16.5. The van der Waals surface area contributed by atoms with Gasteiger partial charge in [0.1, 0.15) is 5.69 Å². The average Bonchev–Trinajstić information content (AvgIpc) is 3.23. The summed E-state index contributed by atoms with van der Waals surface area (Å²) in [4.78, 5) is 15.0. The minimum Gasteiger partial charge on any atom is -0.376 e. The van der Waals surface area contributed by atoms with Gasteiger partial charge in [0, 0.05) is 26.2 Å². The zero-order valence-electron chi connectivity index (χ0n) is 14.4. The normalized spacial score (nSPS) is 17.2. The summed E-state index contributed by atoms with van der Waals surface area (Å²) in [7, 11) is 0. The van der Waals surface area contributed by atoms with Gasteiger partial charge >= 0.3 is 0 Å². The Balaban J connectivity index is 1.83. The number of nitrogens with zero attached hydrogens (tertiary/aromatic N) is 3. The van der Waals surface area contributed by atoms with E-state index in [1.54, 1.807) is 4.68 Å². The zero-order valence-corrected chi connectivity index (χ0v) is 14.4. The number of aryl methyl sites for hydroxylation is 2. The molecule has 0 unspecified atom stereocenters. The predicted molar refractivity (Wildman–Crippen MR) is 92.8 cm³/mol. The van der Waals surface area contributed by atoms with Crippen molar-refractivity contribution in [2.45, 2.75) is 45.9 Å². The minimum atomic E-state index is 0.0248.